The number of rotatable bonds is 9. The van der Waals surface area contributed by atoms with E-state index in [9.17, 15) is 23.3 Å². The number of nitro benzene ring substituents is 1. The van der Waals surface area contributed by atoms with Crippen LogP contribution in [0.3, 0.4) is 0 Å². The van der Waals surface area contributed by atoms with Crippen LogP contribution in [0.1, 0.15) is 17.0 Å². The van der Waals surface area contributed by atoms with Crippen molar-refractivity contribution in [2.24, 2.45) is 5.10 Å². The quantitative estimate of drug-likeness (QED) is 0.173. The van der Waals surface area contributed by atoms with Crippen LogP contribution in [0.15, 0.2) is 94.9 Å². The molecule has 0 aliphatic rings. The summed E-state index contributed by atoms with van der Waals surface area (Å²) in [5, 5.41) is 15.7. The summed E-state index contributed by atoms with van der Waals surface area (Å²) in [5.74, 6) is -0.699. The number of nitrogens with zero attached hydrogens (tertiary/aromatic N) is 4. The van der Waals surface area contributed by atoms with Gasteiger partial charge in [0.25, 0.3) is 21.6 Å². The third-order valence-electron chi connectivity index (χ3n) is 5.91. The van der Waals surface area contributed by atoms with Crippen LogP contribution in [0.5, 0.6) is 0 Å². The molecule has 0 saturated carbocycles. The van der Waals surface area contributed by atoms with Crippen molar-refractivity contribution < 1.29 is 18.1 Å². The number of carbonyl (C=O) groups is 1. The summed E-state index contributed by atoms with van der Waals surface area (Å²) < 4.78 is 29.7. The Bertz CT molecular complexity index is 1630. The zero-order valence-corrected chi connectivity index (χ0v) is 22.6. The molecule has 10 nitrogen and oxygen atoms in total. The number of hydrogen-bond acceptors (Lipinski definition) is 6. The van der Waals surface area contributed by atoms with Gasteiger partial charge in [0, 0.05) is 39.8 Å². The number of nitrogens with one attached hydrogen (secondary N) is 1. The summed E-state index contributed by atoms with van der Waals surface area (Å²) in [5.41, 5.74) is 5.77. The lowest BCUT2D eigenvalue weighted by atomic mass is 10.2. The van der Waals surface area contributed by atoms with E-state index in [2.05, 4.69) is 10.5 Å². The molecule has 4 rings (SSSR count). The number of hydrazone groups is 1. The molecule has 3 aromatic carbocycles. The number of benzene rings is 3. The average Bonchev–Trinajstić information content (AvgIpc) is 3.20. The molecule has 0 spiro atoms. The molecule has 1 N–H and O–H groups in total. The number of sulfonamides is 1. The van der Waals surface area contributed by atoms with Gasteiger partial charge < -0.3 is 4.57 Å². The molecule has 0 fully saturated rings. The van der Waals surface area contributed by atoms with E-state index in [-0.39, 0.29) is 16.3 Å². The smallest absolute Gasteiger partial charge is 0.269 e. The molecule has 12 heteroatoms. The van der Waals surface area contributed by atoms with E-state index < -0.39 is 27.4 Å². The largest absolute Gasteiger partial charge is 0.318 e. The number of hydrogen-bond donors (Lipinski definition) is 1. The minimum absolute atomic E-state index is 0.0331. The summed E-state index contributed by atoms with van der Waals surface area (Å²) in [4.78, 5) is 23.2. The maximum Gasteiger partial charge on any atom is 0.269 e. The van der Waals surface area contributed by atoms with Crippen LogP contribution >= 0.6 is 11.6 Å². The fraction of sp³-hybridized carbons (Fsp3) is 0.111. The van der Waals surface area contributed by atoms with Gasteiger partial charge in [0.1, 0.15) is 6.54 Å². The molecular weight excluding hydrogens is 542 g/mol. The van der Waals surface area contributed by atoms with E-state index in [1.165, 1.54) is 42.6 Å². The van der Waals surface area contributed by atoms with Crippen molar-refractivity contribution in [1.29, 1.82) is 0 Å². The standard InChI is InChI=1S/C27H24ClN5O5S/c1-19-16-21(20(2)32(19)24-10-8-22(28)9-11-24)17-29-30-27(34)18-31(23-12-14-25(15-13-23)33(35)36)39(37,38)26-6-4-3-5-7-26/h3-17H,18H2,1-2H3,(H,30,34)/b29-17-. The number of non-ortho nitro benzene ring substituents is 1. The van der Waals surface area contributed by atoms with Gasteiger partial charge in [0.05, 0.1) is 21.7 Å². The first-order valence-electron chi connectivity index (χ1n) is 11.7. The highest BCUT2D eigenvalue weighted by Gasteiger charge is 2.27. The molecule has 0 aliphatic heterocycles. The molecule has 1 aromatic heterocycles. The van der Waals surface area contributed by atoms with Crippen molar-refractivity contribution in [1.82, 2.24) is 9.99 Å². The van der Waals surface area contributed by atoms with Gasteiger partial charge in [-0.3, -0.25) is 19.2 Å². The molecule has 0 atom stereocenters. The summed E-state index contributed by atoms with van der Waals surface area (Å²) in [7, 11) is -4.16. The molecule has 0 bridgehead atoms. The third-order valence-corrected chi connectivity index (χ3v) is 7.95. The van der Waals surface area contributed by atoms with Crippen LogP contribution in [-0.2, 0) is 14.8 Å². The van der Waals surface area contributed by atoms with Gasteiger partial charge >= 0.3 is 0 Å². The van der Waals surface area contributed by atoms with Crippen molar-refractivity contribution >= 4 is 45.1 Å². The second-order valence-corrected chi connectivity index (χ2v) is 10.8. The highest BCUT2D eigenvalue weighted by molar-refractivity contribution is 7.92. The molecule has 39 heavy (non-hydrogen) atoms. The van der Waals surface area contributed by atoms with Crippen LogP contribution < -0.4 is 9.73 Å². The van der Waals surface area contributed by atoms with Gasteiger partial charge in [0.2, 0.25) is 0 Å². The molecule has 0 unspecified atom stereocenters. The van der Waals surface area contributed by atoms with Crippen LogP contribution in [0.4, 0.5) is 11.4 Å². The number of amides is 1. The Hall–Kier alpha value is -4.48. The monoisotopic (exact) mass is 565 g/mol. The van der Waals surface area contributed by atoms with Crippen molar-refractivity contribution in [3.8, 4) is 5.69 Å². The van der Waals surface area contributed by atoms with E-state index in [0.717, 1.165) is 26.9 Å². The maximum absolute atomic E-state index is 13.4. The predicted octanol–water partition coefficient (Wildman–Crippen LogP) is 5.00. The van der Waals surface area contributed by atoms with Gasteiger partial charge in [-0.05, 0) is 68.4 Å². The van der Waals surface area contributed by atoms with Crippen LogP contribution in [0.25, 0.3) is 5.69 Å². The second kappa shape index (κ2) is 11.5. The van der Waals surface area contributed by atoms with Gasteiger partial charge in [-0.25, -0.2) is 13.8 Å². The normalized spacial score (nSPS) is 11.5. The number of carbonyl (C=O) groups excluding carboxylic acids is 1. The SMILES string of the molecule is Cc1cc(/C=N\NC(=O)CN(c2ccc([N+](=O)[O-])cc2)S(=O)(=O)c2ccccc2)c(C)n1-c1ccc(Cl)cc1. The molecule has 0 radical (unpaired) electrons. The molecule has 0 saturated heterocycles. The van der Waals surface area contributed by atoms with Crippen molar-refractivity contribution in [3.63, 3.8) is 0 Å². The third kappa shape index (κ3) is 6.16. The topological polar surface area (TPSA) is 127 Å². The fourth-order valence-electron chi connectivity index (χ4n) is 4.02. The zero-order valence-electron chi connectivity index (χ0n) is 21.0. The molecule has 1 amide bonds. The van der Waals surface area contributed by atoms with Gasteiger partial charge in [-0.1, -0.05) is 29.8 Å². The highest BCUT2D eigenvalue weighted by Crippen LogP contribution is 2.26. The van der Waals surface area contributed by atoms with E-state index in [1.807, 2.05) is 36.6 Å². The minimum atomic E-state index is -4.16. The van der Waals surface area contributed by atoms with Gasteiger partial charge in [-0.2, -0.15) is 5.10 Å². The Labute approximate surface area is 230 Å². The Morgan fingerprint density at radius 2 is 1.69 bits per heavy atom. The first-order valence-corrected chi connectivity index (χ1v) is 13.5. The lowest BCUT2D eigenvalue weighted by Gasteiger charge is -2.23. The molecule has 1 heterocycles. The lowest BCUT2D eigenvalue weighted by molar-refractivity contribution is -0.384. The second-order valence-electron chi connectivity index (χ2n) is 8.53. The number of halogens is 1. The van der Waals surface area contributed by atoms with Crippen LogP contribution in [0.2, 0.25) is 5.02 Å². The molecule has 4 aromatic rings. The van der Waals surface area contributed by atoms with Crippen LogP contribution in [0, 0.1) is 24.0 Å². The van der Waals surface area contributed by atoms with Gasteiger partial charge in [-0.15, -0.1) is 0 Å². The van der Waals surface area contributed by atoms with E-state index >= 15 is 0 Å². The Morgan fingerprint density at radius 3 is 2.31 bits per heavy atom. The Kier molecular flexibility index (Phi) is 8.12. The van der Waals surface area contributed by atoms with E-state index in [1.54, 1.807) is 30.3 Å². The average molecular weight is 566 g/mol. The molecular formula is C27H24ClN5O5S. The van der Waals surface area contributed by atoms with Crippen molar-refractivity contribution in [2.45, 2.75) is 18.7 Å². The van der Waals surface area contributed by atoms with Gasteiger partial charge in [0.15, 0.2) is 0 Å². The zero-order chi connectivity index (χ0) is 28.2. The highest BCUT2D eigenvalue weighted by atomic mass is 35.5. The minimum Gasteiger partial charge on any atom is -0.318 e. The Morgan fingerprint density at radius 1 is 1.05 bits per heavy atom. The first-order chi connectivity index (χ1) is 18.6. The predicted molar refractivity (Wildman–Crippen MR) is 150 cm³/mol. The maximum atomic E-state index is 13.4. The van der Waals surface area contributed by atoms with Crippen LogP contribution in [-0.4, -0.2) is 36.6 Å². The molecule has 0 aliphatic carbocycles. The summed E-state index contributed by atoms with van der Waals surface area (Å²) in [6.07, 6.45) is 1.48. The number of anilines is 1. The lowest BCUT2D eigenvalue weighted by Crippen LogP contribution is -2.39. The first kappa shape index (κ1) is 27.6. The summed E-state index contributed by atoms with van der Waals surface area (Å²) >= 11 is 6.00. The summed E-state index contributed by atoms with van der Waals surface area (Å²) in [6, 6.07) is 21.8. The number of aromatic nitrogens is 1. The number of nitro groups is 1. The molecule has 200 valence electrons. The van der Waals surface area contributed by atoms with Crippen molar-refractivity contribution in [3.05, 3.63) is 117 Å². The van der Waals surface area contributed by atoms with E-state index in [0.29, 0.717) is 5.02 Å². The Balaban J connectivity index is 1.55. The van der Waals surface area contributed by atoms with Crippen molar-refractivity contribution in [2.75, 3.05) is 10.8 Å². The summed E-state index contributed by atoms with van der Waals surface area (Å²) in [6.45, 7) is 3.25. The number of aryl methyl sites for hydroxylation is 1. The van der Waals surface area contributed by atoms with E-state index in [4.69, 9.17) is 11.6 Å². The fourth-order valence-corrected chi connectivity index (χ4v) is 5.59.